The van der Waals surface area contributed by atoms with E-state index in [0.717, 1.165) is 30.2 Å². The zero-order valence-corrected chi connectivity index (χ0v) is 22.7. The van der Waals surface area contributed by atoms with Crippen LogP contribution in [0.1, 0.15) is 30.4 Å². The van der Waals surface area contributed by atoms with Crippen LogP contribution in [0.25, 0.3) is 6.08 Å². The van der Waals surface area contributed by atoms with Gasteiger partial charge in [-0.3, -0.25) is 29.4 Å². The molecule has 2 aromatic rings. The summed E-state index contributed by atoms with van der Waals surface area (Å²) in [4.78, 5) is 50.7. The number of ether oxygens (including phenoxy) is 1. The molecule has 2 aliphatic rings. The highest BCUT2D eigenvalue weighted by molar-refractivity contribution is 8.18. The van der Waals surface area contributed by atoms with E-state index in [0.29, 0.717) is 36.0 Å². The van der Waals surface area contributed by atoms with E-state index < -0.39 is 31.1 Å². The molecule has 3 amide bonds. The van der Waals surface area contributed by atoms with Crippen LogP contribution >= 0.6 is 11.8 Å². The van der Waals surface area contributed by atoms with Crippen molar-refractivity contribution in [3.8, 4) is 11.5 Å². The number of carbonyl (C=O) groups is 3. The van der Waals surface area contributed by atoms with Crippen LogP contribution in [0.5, 0.6) is 11.5 Å². The lowest BCUT2D eigenvalue weighted by atomic mass is 10.1. The van der Waals surface area contributed by atoms with Crippen molar-refractivity contribution in [3.63, 3.8) is 0 Å². The van der Waals surface area contributed by atoms with Gasteiger partial charge in [0.15, 0.2) is 11.5 Å². The molecule has 4 rings (SSSR count). The smallest absolute Gasteiger partial charge is 0.339 e. The van der Waals surface area contributed by atoms with Crippen LogP contribution in [0.15, 0.2) is 46.2 Å². The molecule has 0 atom stereocenters. The lowest BCUT2D eigenvalue weighted by molar-refractivity contribution is -0.385. The SMILES string of the molecule is COc1cc(/C=C2\SC(=O)N(CC(=O)N3CCCCC3)C2=O)ccc1OS(=O)(=O)c1ccc(C)c([N+](=O)[O-])c1. The number of nitro benzene ring substituents is 1. The zero-order valence-electron chi connectivity index (χ0n) is 21.1. The largest absolute Gasteiger partial charge is 0.493 e. The van der Waals surface area contributed by atoms with Crippen molar-refractivity contribution in [1.82, 2.24) is 9.80 Å². The van der Waals surface area contributed by atoms with Crippen LogP contribution in [-0.2, 0) is 19.7 Å². The number of hydrogen-bond acceptors (Lipinski definition) is 10. The standard InChI is InChI=1S/C25H25N3O9S2/c1-16-6-8-18(14-19(16)28(32)33)39(34,35)37-20-9-7-17(12-21(20)36-2)13-22-24(30)27(25(31)38-22)15-23(29)26-10-4-3-5-11-26/h6-9,12-14H,3-5,10-11,15H2,1-2H3/b22-13-. The van der Waals surface area contributed by atoms with Gasteiger partial charge < -0.3 is 13.8 Å². The summed E-state index contributed by atoms with van der Waals surface area (Å²) in [7, 11) is -3.16. The first kappa shape index (κ1) is 28.1. The van der Waals surface area contributed by atoms with Gasteiger partial charge in [-0.2, -0.15) is 8.42 Å². The van der Waals surface area contributed by atoms with Crippen molar-refractivity contribution in [1.29, 1.82) is 0 Å². The Labute approximate surface area is 228 Å². The average Bonchev–Trinajstić information content (AvgIpc) is 3.16. The number of carbonyl (C=O) groups excluding carboxylic acids is 3. The molecule has 0 aliphatic carbocycles. The van der Waals surface area contributed by atoms with E-state index in [9.17, 15) is 32.9 Å². The van der Waals surface area contributed by atoms with Crippen LogP contribution in [0.3, 0.4) is 0 Å². The first-order valence-corrected chi connectivity index (χ1v) is 14.1. The number of nitro groups is 1. The normalized spacial score (nSPS) is 17.0. The van der Waals surface area contributed by atoms with Crippen LogP contribution in [0, 0.1) is 17.0 Å². The molecule has 12 nitrogen and oxygen atoms in total. The van der Waals surface area contributed by atoms with Gasteiger partial charge in [0.2, 0.25) is 5.91 Å². The molecular weight excluding hydrogens is 550 g/mol. The minimum Gasteiger partial charge on any atom is -0.493 e. The molecule has 0 spiro atoms. The Kier molecular flexibility index (Phi) is 8.25. The van der Waals surface area contributed by atoms with Crippen LogP contribution in [0.2, 0.25) is 0 Å². The van der Waals surface area contributed by atoms with Crippen molar-refractivity contribution in [2.45, 2.75) is 31.1 Å². The predicted octanol–water partition coefficient (Wildman–Crippen LogP) is 3.73. The molecule has 0 radical (unpaired) electrons. The van der Waals surface area contributed by atoms with E-state index in [1.165, 1.54) is 50.4 Å². The minimum absolute atomic E-state index is 0.00782. The molecule has 2 aromatic carbocycles. The molecule has 2 fully saturated rings. The molecule has 0 N–H and O–H groups in total. The number of methoxy groups -OCH3 is 1. The lowest BCUT2D eigenvalue weighted by Gasteiger charge is -2.27. The van der Waals surface area contributed by atoms with E-state index in [2.05, 4.69) is 0 Å². The van der Waals surface area contributed by atoms with Gasteiger partial charge in [-0.05, 0) is 67.8 Å². The number of amides is 3. The second-order valence-corrected chi connectivity index (χ2v) is 11.4. The summed E-state index contributed by atoms with van der Waals surface area (Å²) in [5.74, 6) is -1.05. The Morgan fingerprint density at radius 2 is 1.82 bits per heavy atom. The molecule has 39 heavy (non-hydrogen) atoms. The molecule has 0 aromatic heterocycles. The maximum atomic E-state index is 12.9. The predicted molar refractivity (Wildman–Crippen MR) is 142 cm³/mol. The highest BCUT2D eigenvalue weighted by Crippen LogP contribution is 2.36. The third-order valence-electron chi connectivity index (χ3n) is 6.23. The van der Waals surface area contributed by atoms with E-state index in [1.54, 1.807) is 4.90 Å². The fraction of sp³-hybridized carbons (Fsp3) is 0.320. The number of hydrogen-bond donors (Lipinski definition) is 0. The molecular formula is C25H25N3O9S2. The summed E-state index contributed by atoms with van der Waals surface area (Å²) in [6, 6.07) is 7.59. The Balaban J connectivity index is 1.52. The molecule has 0 unspecified atom stereocenters. The van der Waals surface area contributed by atoms with Crippen LogP contribution in [-0.4, -0.2) is 66.9 Å². The van der Waals surface area contributed by atoms with Crippen molar-refractivity contribution >= 4 is 50.7 Å². The molecule has 2 aliphatic heterocycles. The monoisotopic (exact) mass is 575 g/mol. The number of imide groups is 1. The van der Waals surface area contributed by atoms with Gasteiger partial charge in [0, 0.05) is 24.7 Å². The second-order valence-electron chi connectivity index (χ2n) is 8.86. The molecule has 206 valence electrons. The van der Waals surface area contributed by atoms with Crippen molar-refractivity contribution in [2.75, 3.05) is 26.7 Å². The first-order chi connectivity index (χ1) is 18.5. The molecule has 2 heterocycles. The summed E-state index contributed by atoms with van der Waals surface area (Å²) in [6.07, 6.45) is 4.25. The fourth-order valence-electron chi connectivity index (χ4n) is 4.12. The van der Waals surface area contributed by atoms with Gasteiger partial charge >= 0.3 is 10.1 Å². The van der Waals surface area contributed by atoms with Gasteiger partial charge in [0.1, 0.15) is 11.4 Å². The number of rotatable bonds is 8. The number of likely N-dealkylation sites (tertiary alicyclic amines) is 1. The van der Waals surface area contributed by atoms with Gasteiger partial charge in [-0.25, -0.2) is 0 Å². The van der Waals surface area contributed by atoms with Gasteiger partial charge in [0.05, 0.1) is 16.9 Å². The Morgan fingerprint density at radius 3 is 2.49 bits per heavy atom. The zero-order chi connectivity index (χ0) is 28.3. The summed E-state index contributed by atoms with van der Waals surface area (Å²) < 4.78 is 36.1. The van der Waals surface area contributed by atoms with Crippen molar-refractivity contribution in [3.05, 3.63) is 62.5 Å². The number of aryl methyl sites for hydroxylation is 1. The number of piperidine rings is 1. The number of thioether (sulfide) groups is 1. The van der Waals surface area contributed by atoms with Crippen molar-refractivity contribution in [2.24, 2.45) is 0 Å². The number of nitrogens with zero attached hydrogens (tertiary/aromatic N) is 3. The van der Waals surface area contributed by atoms with Crippen molar-refractivity contribution < 1.29 is 36.6 Å². The molecule has 14 heteroatoms. The summed E-state index contributed by atoms with van der Waals surface area (Å²) in [5.41, 5.74) is 0.338. The topological polar surface area (TPSA) is 153 Å². The second kappa shape index (κ2) is 11.5. The average molecular weight is 576 g/mol. The van der Waals surface area contributed by atoms with E-state index in [-0.39, 0.29) is 34.5 Å². The lowest BCUT2D eigenvalue weighted by Crippen LogP contribution is -2.44. The van der Waals surface area contributed by atoms with Crippen LogP contribution < -0.4 is 8.92 Å². The third-order valence-corrected chi connectivity index (χ3v) is 8.36. The Bertz CT molecular complexity index is 1480. The number of benzene rings is 2. The summed E-state index contributed by atoms with van der Waals surface area (Å²) >= 11 is 0.700. The molecule has 2 saturated heterocycles. The quantitative estimate of drug-likeness (QED) is 0.197. The van der Waals surface area contributed by atoms with Gasteiger partial charge in [-0.1, -0.05) is 12.1 Å². The van der Waals surface area contributed by atoms with Crippen LogP contribution in [0.4, 0.5) is 10.5 Å². The first-order valence-electron chi connectivity index (χ1n) is 11.9. The Morgan fingerprint density at radius 1 is 1.10 bits per heavy atom. The van der Waals surface area contributed by atoms with Gasteiger partial charge in [-0.15, -0.1) is 0 Å². The van der Waals surface area contributed by atoms with Gasteiger partial charge in [0.25, 0.3) is 16.8 Å². The molecule has 0 bridgehead atoms. The Hall–Kier alpha value is -3.91. The molecule has 0 saturated carbocycles. The summed E-state index contributed by atoms with van der Waals surface area (Å²) in [6.45, 7) is 2.37. The van der Waals surface area contributed by atoms with E-state index in [1.807, 2.05) is 0 Å². The maximum Gasteiger partial charge on any atom is 0.339 e. The maximum absolute atomic E-state index is 12.9. The highest BCUT2D eigenvalue weighted by atomic mass is 32.2. The summed E-state index contributed by atoms with van der Waals surface area (Å²) in [5, 5.41) is 10.7. The third kappa shape index (κ3) is 6.23. The van der Waals surface area contributed by atoms with E-state index >= 15 is 0 Å². The minimum atomic E-state index is -4.44. The highest BCUT2D eigenvalue weighted by Gasteiger charge is 2.37. The van der Waals surface area contributed by atoms with E-state index in [4.69, 9.17) is 8.92 Å². The fourth-order valence-corrected chi connectivity index (χ4v) is 5.92.